The molecule has 0 bridgehead atoms. The number of nitrogens with zero attached hydrogens (tertiary/aromatic N) is 1. The van der Waals surface area contributed by atoms with Crippen LogP contribution in [-0.4, -0.2) is 58.8 Å². The highest BCUT2D eigenvalue weighted by molar-refractivity contribution is 7.99. The predicted molar refractivity (Wildman–Crippen MR) is 123 cm³/mol. The number of amides is 1. The quantitative estimate of drug-likeness (QED) is 0.363. The van der Waals surface area contributed by atoms with Gasteiger partial charge in [-0.05, 0) is 49.2 Å². The SMILES string of the molecule is CCCC[C@H](C)C[C@H](O)/C=C/[C@@H]1[C@H]2CC(CCSCC(=O)N(C)C)=C[C@H]2C[C@H]1O. The van der Waals surface area contributed by atoms with Gasteiger partial charge in [0.1, 0.15) is 0 Å². The molecule has 1 amide bonds. The van der Waals surface area contributed by atoms with E-state index in [1.165, 1.54) is 24.8 Å². The Kier molecular flexibility index (Phi) is 10.3. The van der Waals surface area contributed by atoms with Crippen LogP contribution in [0.1, 0.15) is 58.8 Å². The third kappa shape index (κ3) is 7.76. The second kappa shape index (κ2) is 12.2. The molecule has 0 saturated heterocycles. The number of fused-ring (bicyclic) bond motifs is 1. The molecule has 29 heavy (non-hydrogen) atoms. The van der Waals surface area contributed by atoms with Crippen LogP contribution in [0.3, 0.4) is 0 Å². The van der Waals surface area contributed by atoms with E-state index in [2.05, 4.69) is 26.0 Å². The van der Waals surface area contributed by atoms with E-state index in [1.807, 2.05) is 6.08 Å². The normalized spacial score (nSPS) is 28.4. The summed E-state index contributed by atoms with van der Waals surface area (Å²) >= 11 is 1.70. The van der Waals surface area contributed by atoms with E-state index < -0.39 is 6.10 Å². The lowest BCUT2D eigenvalue weighted by molar-refractivity contribution is -0.125. The first-order valence-electron chi connectivity index (χ1n) is 11.3. The van der Waals surface area contributed by atoms with Crippen molar-refractivity contribution in [1.29, 1.82) is 0 Å². The predicted octanol–water partition coefficient (Wildman–Crippen LogP) is 4.27. The average molecular weight is 424 g/mol. The van der Waals surface area contributed by atoms with Gasteiger partial charge in [-0.1, -0.05) is 56.9 Å². The van der Waals surface area contributed by atoms with Gasteiger partial charge >= 0.3 is 0 Å². The number of carbonyl (C=O) groups is 1. The van der Waals surface area contributed by atoms with Gasteiger partial charge in [0.2, 0.25) is 5.91 Å². The van der Waals surface area contributed by atoms with Gasteiger partial charge in [0.15, 0.2) is 0 Å². The Balaban J connectivity index is 1.77. The number of aliphatic hydroxyl groups is 2. The molecule has 0 aromatic heterocycles. The summed E-state index contributed by atoms with van der Waals surface area (Å²) in [5.74, 6) is 3.31. The molecular weight excluding hydrogens is 382 g/mol. The van der Waals surface area contributed by atoms with Gasteiger partial charge in [-0.3, -0.25) is 4.79 Å². The Bertz CT molecular complexity index is 574. The van der Waals surface area contributed by atoms with Crippen LogP contribution in [0.15, 0.2) is 23.8 Å². The molecule has 6 atom stereocenters. The lowest BCUT2D eigenvalue weighted by atomic mass is 9.88. The lowest BCUT2D eigenvalue weighted by Gasteiger charge is -2.19. The minimum Gasteiger partial charge on any atom is -0.392 e. The van der Waals surface area contributed by atoms with Crippen LogP contribution in [0.5, 0.6) is 0 Å². The molecule has 0 radical (unpaired) electrons. The summed E-state index contributed by atoms with van der Waals surface area (Å²) in [6.45, 7) is 4.41. The highest BCUT2D eigenvalue weighted by Gasteiger charge is 2.43. The Hall–Kier alpha value is -0.780. The molecule has 0 aromatic rings. The van der Waals surface area contributed by atoms with Crippen molar-refractivity contribution in [1.82, 2.24) is 4.90 Å². The number of hydrogen-bond acceptors (Lipinski definition) is 4. The Morgan fingerprint density at radius 3 is 2.86 bits per heavy atom. The summed E-state index contributed by atoms with van der Waals surface area (Å²) in [5, 5.41) is 20.9. The molecule has 0 aromatic carbocycles. The maximum Gasteiger partial charge on any atom is 0.232 e. The van der Waals surface area contributed by atoms with Crippen LogP contribution >= 0.6 is 11.8 Å². The first-order chi connectivity index (χ1) is 13.8. The number of rotatable bonds is 12. The molecule has 2 aliphatic carbocycles. The van der Waals surface area contributed by atoms with E-state index in [4.69, 9.17) is 0 Å². The first-order valence-corrected chi connectivity index (χ1v) is 12.5. The molecule has 1 saturated carbocycles. The second-order valence-electron chi connectivity index (χ2n) is 9.26. The summed E-state index contributed by atoms with van der Waals surface area (Å²) in [7, 11) is 3.59. The van der Waals surface area contributed by atoms with Crippen molar-refractivity contribution in [2.45, 2.75) is 71.0 Å². The molecule has 2 aliphatic rings. The zero-order chi connectivity index (χ0) is 21.4. The van der Waals surface area contributed by atoms with E-state index >= 15 is 0 Å². The van der Waals surface area contributed by atoms with Gasteiger partial charge in [-0.25, -0.2) is 0 Å². The van der Waals surface area contributed by atoms with Crippen molar-refractivity contribution in [2.24, 2.45) is 23.7 Å². The zero-order valence-electron chi connectivity index (χ0n) is 18.7. The van der Waals surface area contributed by atoms with E-state index in [0.717, 1.165) is 31.4 Å². The summed E-state index contributed by atoms with van der Waals surface area (Å²) < 4.78 is 0. The fourth-order valence-corrected chi connectivity index (χ4v) is 5.68. The van der Waals surface area contributed by atoms with E-state index in [0.29, 0.717) is 23.5 Å². The first kappa shape index (κ1) is 24.5. The van der Waals surface area contributed by atoms with Gasteiger partial charge in [0, 0.05) is 20.0 Å². The topological polar surface area (TPSA) is 60.8 Å². The third-order valence-corrected chi connectivity index (χ3v) is 7.44. The van der Waals surface area contributed by atoms with Crippen LogP contribution in [-0.2, 0) is 4.79 Å². The van der Waals surface area contributed by atoms with Crippen molar-refractivity contribution >= 4 is 17.7 Å². The fourth-order valence-electron chi connectivity index (χ4n) is 4.70. The minimum absolute atomic E-state index is 0.150. The molecule has 0 unspecified atom stereocenters. The van der Waals surface area contributed by atoms with E-state index in [9.17, 15) is 15.0 Å². The summed E-state index contributed by atoms with van der Waals surface area (Å²) in [5.41, 5.74) is 1.48. The number of unbranched alkanes of at least 4 members (excludes halogenated alkanes) is 1. The Morgan fingerprint density at radius 1 is 1.41 bits per heavy atom. The molecule has 0 aliphatic heterocycles. The summed E-state index contributed by atoms with van der Waals surface area (Å²) in [6.07, 6.45) is 13.0. The van der Waals surface area contributed by atoms with Crippen LogP contribution in [0.4, 0.5) is 0 Å². The molecule has 0 heterocycles. The standard InChI is InChI=1S/C24H41NO3S/c1-5-6-7-17(2)12-20(26)8-9-21-22-14-18(13-19(22)15-23(21)27)10-11-29-16-24(28)25(3)4/h8-9,13,17,19-23,26-27H,5-7,10-12,14-16H2,1-4H3/b9-8+/t17-,19-,20+,21+,22-,23+/m0/s1. The zero-order valence-corrected chi connectivity index (χ0v) is 19.5. The largest absolute Gasteiger partial charge is 0.392 e. The van der Waals surface area contributed by atoms with Crippen LogP contribution in [0.25, 0.3) is 0 Å². The number of aliphatic hydroxyl groups excluding tert-OH is 2. The second-order valence-corrected chi connectivity index (χ2v) is 10.4. The Morgan fingerprint density at radius 2 is 2.17 bits per heavy atom. The molecule has 4 nitrogen and oxygen atoms in total. The molecule has 1 fully saturated rings. The number of thioether (sulfide) groups is 1. The third-order valence-electron chi connectivity index (χ3n) is 6.49. The molecule has 166 valence electrons. The van der Waals surface area contributed by atoms with Crippen molar-refractivity contribution in [2.75, 3.05) is 25.6 Å². The summed E-state index contributed by atoms with van der Waals surface area (Å²) in [4.78, 5) is 13.3. The molecule has 0 spiro atoms. The van der Waals surface area contributed by atoms with Gasteiger partial charge < -0.3 is 15.1 Å². The van der Waals surface area contributed by atoms with Crippen molar-refractivity contribution in [3.8, 4) is 0 Å². The molecule has 2 rings (SSSR count). The maximum atomic E-state index is 11.7. The van der Waals surface area contributed by atoms with E-state index in [-0.39, 0.29) is 17.9 Å². The summed E-state index contributed by atoms with van der Waals surface area (Å²) in [6, 6.07) is 0. The number of carbonyl (C=O) groups excluding carboxylic acids is 1. The van der Waals surface area contributed by atoms with E-state index in [1.54, 1.807) is 30.8 Å². The van der Waals surface area contributed by atoms with Gasteiger partial charge in [-0.2, -0.15) is 11.8 Å². The highest BCUT2D eigenvalue weighted by atomic mass is 32.2. The van der Waals surface area contributed by atoms with Crippen molar-refractivity contribution in [3.05, 3.63) is 23.8 Å². The average Bonchev–Trinajstić information content (AvgIpc) is 3.17. The Labute approximate surface area is 181 Å². The fraction of sp³-hybridized carbons (Fsp3) is 0.792. The highest BCUT2D eigenvalue weighted by Crippen LogP contribution is 2.48. The van der Waals surface area contributed by atoms with Crippen molar-refractivity contribution in [3.63, 3.8) is 0 Å². The molecular formula is C24H41NO3S. The van der Waals surface area contributed by atoms with Gasteiger partial charge in [0.05, 0.1) is 18.0 Å². The van der Waals surface area contributed by atoms with Crippen molar-refractivity contribution < 1.29 is 15.0 Å². The minimum atomic E-state index is -0.410. The van der Waals surface area contributed by atoms with Crippen LogP contribution in [0.2, 0.25) is 0 Å². The maximum absolute atomic E-state index is 11.7. The smallest absolute Gasteiger partial charge is 0.232 e. The number of allylic oxidation sites excluding steroid dienone is 2. The molecule has 5 heteroatoms. The lowest BCUT2D eigenvalue weighted by Crippen LogP contribution is -2.23. The van der Waals surface area contributed by atoms with Crippen LogP contribution in [0, 0.1) is 23.7 Å². The number of hydrogen-bond donors (Lipinski definition) is 2. The monoisotopic (exact) mass is 423 g/mol. The van der Waals surface area contributed by atoms with Crippen LogP contribution < -0.4 is 0 Å². The molecule has 2 N–H and O–H groups in total. The van der Waals surface area contributed by atoms with Gasteiger partial charge in [0.25, 0.3) is 0 Å². The van der Waals surface area contributed by atoms with Gasteiger partial charge in [-0.15, -0.1) is 0 Å².